The van der Waals surface area contributed by atoms with E-state index in [9.17, 15) is 9.59 Å². The zero-order valence-corrected chi connectivity index (χ0v) is 13.0. The van der Waals surface area contributed by atoms with Gasteiger partial charge in [0.25, 0.3) is 0 Å². The first-order valence-electron chi connectivity index (χ1n) is 7.57. The predicted molar refractivity (Wildman–Crippen MR) is 76.4 cm³/mol. The lowest BCUT2D eigenvalue weighted by Gasteiger charge is -2.42. The molecule has 0 aromatic rings. The molecule has 1 atom stereocenters. The van der Waals surface area contributed by atoms with Crippen molar-refractivity contribution in [2.24, 2.45) is 0 Å². The summed E-state index contributed by atoms with van der Waals surface area (Å²) in [5, 5.41) is 0. The quantitative estimate of drug-likeness (QED) is 0.742. The van der Waals surface area contributed by atoms with Crippen LogP contribution >= 0.6 is 0 Å². The third kappa shape index (κ3) is 3.44. The predicted octanol–water partition coefficient (Wildman–Crippen LogP) is 2.40. The zero-order valence-electron chi connectivity index (χ0n) is 13.0. The molecule has 0 bridgehead atoms. The van der Waals surface area contributed by atoms with E-state index in [0.29, 0.717) is 12.6 Å². The minimum absolute atomic E-state index is 0.0168. The van der Waals surface area contributed by atoms with Gasteiger partial charge in [0.2, 0.25) is 5.91 Å². The molecular weight excluding hydrogens is 256 g/mol. The number of ether oxygens (including phenoxy) is 1. The molecule has 0 aromatic heterocycles. The molecule has 0 radical (unpaired) electrons. The van der Waals surface area contributed by atoms with Crippen molar-refractivity contribution in [3.8, 4) is 0 Å². The highest BCUT2D eigenvalue weighted by Crippen LogP contribution is 2.26. The number of amides is 2. The molecule has 1 unspecified atom stereocenters. The third-order valence-electron chi connectivity index (χ3n) is 4.01. The van der Waals surface area contributed by atoms with Gasteiger partial charge in [-0.3, -0.25) is 9.69 Å². The molecule has 0 spiro atoms. The van der Waals surface area contributed by atoms with Crippen LogP contribution in [0.5, 0.6) is 0 Å². The van der Waals surface area contributed by atoms with Crippen molar-refractivity contribution < 1.29 is 14.3 Å². The summed E-state index contributed by atoms with van der Waals surface area (Å²) in [5.74, 6) is 0.0564. The number of piperazine rings is 1. The number of hydrogen-bond acceptors (Lipinski definition) is 3. The monoisotopic (exact) mass is 282 g/mol. The number of carbonyl (C=O) groups excluding carboxylic acids is 2. The normalized spacial score (nSPS) is 25.2. The number of nitrogens with zero attached hydrogens (tertiary/aromatic N) is 2. The second-order valence-corrected chi connectivity index (χ2v) is 6.94. The van der Waals surface area contributed by atoms with Gasteiger partial charge in [0.05, 0.1) is 6.04 Å². The van der Waals surface area contributed by atoms with Crippen LogP contribution in [0.15, 0.2) is 0 Å². The second kappa shape index (κ2) is 5.62. The van der Waals surface area contributed by atoms with Gasteiger partial charge in [0.15, 0.2) is 0 Å². The van der Waals surface area contributed by atoms with Crippen LogP contribution in [-0.4, -0.2) is 52.6 Å². The minimum Gasteiger partial charge on any atom is -0.444 e. The van der Waals surface area contributed by atoms with Crippen molar-refractivity contribution >= 4 is 12.0 Å². The molecule has 5 heteroatoms. The topological polar surface area (TPSA) is 49.9 Å². The number of carbonyl (C=O) groups is 2. The first-order valence-corrected chi connectivity index (χ1v) is 7.57. The van der Waals surface area contributed by atoms with Gasteiger partial charge in [-0.25, -0.2) is 4.79 Å². The van der Waals surface area contributed by atoms with Crippen LogP contribution in [0.4, 0.5) is 4.79 Å². The fourth-order valence-electron chi connectivity index (χ4n) is 3.01. The molecule has 1 heterocycles. The molecule has 5 nitrogen and oxygen atoms in total. The van der Waals surface area contributed by atoms with Crippen molar-refractivity contribution in [2.75, 3.05) is 13.1 Å². The Balaban J connectivity index is 1.98. The summed E-state index contributed by atoms with van der Waals surface area (Å²) in [7, 11) is 0. The van der Waals surface area contributed by atoms with E-state index in [1.807, 2.05) is 32.6 Å². The van der Waals surface area contributed by atoms with E-state index in [1.54, 1.807) is 4.90 Å². The summed E-state index contributed by atoms with van der Waals surface area (Å²) in [6, 6.07) is 0.397. The fourth-order valence-corrected chi connectivity index (χ4v) is 3.01. The van der Waals surface area contributed by atoms with E-state index in [4.69, 9.17) is 4.74 Å². The van der Waals surface area contributed by atoms with Gasteiger partial charge in [-0.15, -0.1) is 0 Å². The van der Waals surface area contributed by atoms with E-state index in [-0.39, 0.29) is 24.6 Å². The molecule has 0 N–H and O–H groups in total. The maximum atomic E-state index is 12.3. The molecule has 2 rings (SSSR count). The Morgan fingerprint density at radius 3 is 2.40 bits per heavy atom. The highest BCUT2D eigenvalue weighted by molar-refractivity contribution is 5.84. The number of rotatable bonds is 1. The largest absolute Gasteiger partial charge is 0.444 e. The molecule has 0 aromatic carbocycles. The van der Waals surface area contributed by atoms with Gasteiger partial charge in [-0.05, 0) is 40.5 Å². The van der Waals surface area contributed by atoms with E-state index in [1.165, 1.54) is 12.8 Å². The molecule has 1 aliphatic carbocycles. The lowest BCUT2D eigenvalue weighted by atomic mass is 10.1. The average Bonchev–Trinajstić information content (AvgIpc) is 2.82. The first-order chi connectivity index (χ1) is 9.28. The summed E-state index contributed by atoms with van der Waals surface area (Å²) < 4.78 is 5.37. The van der Waals surface area contributed by atoms with Crippen LogP contribution in [0.2, 0.25) is 0 Å². The fraction of sp³-hybridized carbons (Fsp3) is 0.867. The lowest BCUT2D eigenvalue weighted by Crippen LogP contribution is -2.59. The molecule has 114 valence electrons. The van der Waals surface area contributed by atoms with Crippen molar-refractivity contribution in [1.82, 2.24) is 9.80 Å². The highest BCUT2D eigenvalue weighted by atomic mass is 16.6. The summed E-state index contributed by atoms with van der Waals surface area (Å²) in [6.45, 7) is 8.28. The van der Waals surface area contributed by atoms with Crippen LogP contribution in [0.3, 0.4) is 0 Å². The van der Waals surface area contributed by atoms with Crippen molar-refractivity contribution in [3.63, 3.8) is 0 Å². The van der Waals surface area contributed by atoms with Crippen LogP contribution in [0.25, 0.3) is 0 Å². The van der Waals surface area contributed by atoms with E-state index in [0.717, 1.165) is 12.8 Å². The van der Waals surface area contributed by atoms with Crippen LogP contribution in [0, 0.1) is 0 Å². The van der Waals surface area contributed by atoms with E-state index in [2.05, 4.69) is 0 Å². The van der Waals surface area contributed by atoms with Crippen LogP contribution in [0.1, 0.15) is 53.4 Å². The molecule has 2 amide bonds. The Labute approximate surface area is 121 Å². The van der Waals surface area contributed by atoms with Crippen LogP contribution < -0.4 is 0 Å². The average molecular weight is 282 g/mol. The maximum Gasteiger partial charge on any atom is 0.411 e. The van der Waals surface area contributed by atoms with Gasteiger partial charge in [-0.1, -0.05) is 12.8 Å². The van der Waals surface area contributed by atoms with E-state index < -0.39 is 5.60 Å². The molecule has 1 aliphatic heterocycles. The Morgan fingerprint density at radius 1 is 1.25 bits per heavy atom. The number of hydrogen-bond donors (Lipinski definition) is 0. The van der Waals surface area contributed by atoms with Crippen molar-refractivity contribution in [2.45, 2.75) is 71.1 Å². The van der Waals surface area contributed by atoms with Crippen molar-refractivity contribution in [3.05, 3.63) is 0 Å². The zero-order chi connectivity index (χ0) is 14.9. The van der Waals surface area contributed by atoms with Gasteiger partial charge in [-0.2, -0.15) is 0 Å². The summed E-state index contributed by atoms with van der Waals surface area (Å²) >= 11 is 0. The molecule has 2 fully saturated rings. The highest BCUT2D eigenvalue weighted by Gasteiger charge is 2.38. The molecule has 2 aliphatic rings. The second-order valence-electron chi connectivity index (χ2n) is 6.94. The van der Waals surface area contributed by atoms with E-state index >= 15 is 0 Å². The first kappa shape index (κ1) is 15.1. The van der Waals surface area contributed by atoms with Crippen molar-refractivity contribution in [1.29, 1.82) is 0 Å². The summed E-state index contributed by atoms with van der Waals surface area (Å²) in [5.41, 5.74) is -0.525. The maximum absolute atomic E-state index is 12.3. The van der Waals surface area contributed by atoms with Gasteiger partial charge >= 0.3 is 6.09 Å². The lowest BCUT2D eigenvalue weighted by molar-refractivity contribution is -0.140. The standard InChI is InChI=1S/C15H26N2O3/c1-11-9-17(12-7-5-6-8-12)13(18)10-16(11)14(19)20-15(2,3)4/h11-12H,5-10H2,1-4H3. The van der Waals surface area contributed by atoms with Gasteiger partial charge in [0.1, 0.15) is 12.1 Å². The smallest absolute Gasteiger partial charge is 0.411 e. The minimum atomic E-state index is -0.525. The van der Waals surface area contributed by atoms with Crippen LogP contribution in [-0.2, 0) is 9.53 Å². The Hall–Kier alpha value is -1.26. The summed E-state index contributed by atoms with van der Waals surface area (Å²) in [4.78, 5) is 27.9. The van der Waals surface area contributed by atoms with Gasteiger partial charge in [0, 0.05) is 12.6 Å². The molecule has 1 saturated carbocycles. The molecular formula is C15H26N2O3. The Bertz CT molecular complexity index is 383. The Morgan fingerprint density at radius 2 is 1.85 bits per heavy atom. The molecule has 1 saturated heterocycles. The van der Waals surface area contributed by atoms with Gasteiger partial charge < -0.3 is 9.64 Å². The molecule has 20 heavy (non-hydrogen) atoms. The Kier molecular flexibility index (Phi) is 4.25. The third-order valence-corrected chi connectivity index (χ3v) is 4.01. The summed E-state index contributed by atoms with van der Waals surface area (Å²) in [6.07, 6.45) is 4.23. The SMILES string of the molecule is CC1CN(C2CCCC2)C(=O)CN1C(=O)OC(C)(C)C.